The third kappa shape index (κ3) is 2.69. The molecular weight excluding hydrogens is 338 g/mol. The second-order valence-electron chi connectivity index (χ2n) is 7.60. The highest BCUT2D eigenvalue weighted by atomic mass is 16.5. The molecule has 2 aliphatic rings. The van der Waals surface area contributed by atoms with Gasteiger partial charge in [-0.25, -0.2) is 4.98 Å². The number of aromatic amines is 1. The molecule has 0 radical (unpaired) electrons. The summed E-state index contributed by atoms with van der Waals surface area (Å²) in [7, 11) is 1.81. The summed E-state index contributed by atoms with van der Waals surface area (Å²) in [5.41, 5.74) is 5.82. The van der Waals surface area contributed by atoms with E-state index in [0.717, 1.165) is 59.5 Å². The first-order valence-electron chi connectivity index (χ1n) is 9.30. The Bertz CT molecular complexity index is 992. The van der Waals surface area contributed by atoms with Crippen LogP contribution in [0.4, 0.5) is 5.69 Å². The molecule has 0 fully saturated rings. The van der Waals surface area contributed by atoms with Crippen molar-refractivity contribution < 1.29 is 9.53 Å². The van der Waals surface area contributed by atoms with Crippen molar-refractivity contribution in [1.29, 1.82) is 0 Å². The van der Waals surface area contributed by atoms with Gasteiger partial charge in [0.2, 0.25) is 5.91 Å². The lowest BCUT2D eigenvalue weighted by Gasteiger charge is -2.37. The number of anilines is 1. The Labute approximate surface area is 159 Å². The number of aryl methyl sites for hydroxylation is 1. The molecule has 140 valence electrons. The molecule has 1 aliphatic carbocycles. The molecule has 0 saturated heterocycles. The minimum Gasteiger partial charge on any atom is -0.484 e. The van der Waals surface area contributed by atoms with Crippen LogP contribution in [-0.4, -0.2) is 28.5 Å². The molecule has 2 aromatic rings. The molecule has 2 heterocycles. The molecule has 0 unspecified atom stereocenters. The average molecular weight is 363 g/mol. The highest BCUT2D eigenvalue weighted by molar-refractivity contribution is 5.97. The second kappa shape index (κ2) is 6.12. The predicted octanol–water partition coefficient (Wildman–Crippen LogP) is 4.38. The summed E-state index contributed by atoms with van der Waals surface area (Å²) in [5.74, 6) is 1.64. The van der Waals surface area contributed by atoms with Gasteiger partial charge in [0.05, 0.1) is 11.2 Å². The Morgan fingerprint density at radius 3 is 2.59 bits per heavy atom. The number of carbonyl (C=O) groups excluding carboxylic acids is 1. The van der Waals surface area contributed by atoms with Gasteiger partial charge in [0, 0.05) is 32.4 Å². The molecule has 0 saturated carbocycles. The Kier molecular flexibility index (Phi) is 3.98. The lowest BCUT2D eigenvalue weighted by atomic mass is 9.86. The topological polar surface area (TPSA) is 58.2 Å². The number of allylic oxidation sites excluding steroid dienone is 2. The normalized spacial score (nSPS) is 17.7. The number of H-pyrrole nitrogens is 1. The number of aromatic nitrogens is 2. The zero-order chi connectivity index (χ0) is 19.3. The van der Waals surface area contributed by atoms with Crippen molar-refractivity contribution >= 4 is 22.6 Å². The first-order chi connectivity index (χ1) is 12.9. The van der Waals surface area contributed by atoms with Crippen molar-refractivity contribution in [3.63, 3.8) is 0 Å². The Morgan fingerprint density at radius 1 is 1.33 bits per heavy atom. The molecule has 5 heteroatoms. The molecule has 0 bridgehead atoms. The molecular formula is C22H25N3O2. The minimum atomic E-state index is -0.284. The first-order valence-corrected chi connectivity index (χ1v) is 9.30. The van der Waals surface area contributed by atoms with E-state index in [1.54, 1.807) is 18.9 Å². The molecule has 1 N–H and O–H groups in total. The zero-order valence-electron chi connectivity index (χ0n) is 16.2. The number of nitrogens with zero attached hydrogens (tertiary/aromatic N) is 2. The minimum absolute atomic E-state index is 0.00139. The molecule has 4 rings (SSSR count). The van der Waals surface area contributed by atoms with E-state index >= 15 is 0 Å². The van der Waals surface area contributed by atoms with Crippen molar-refractivity contribution in [2.24, 2.45) is 0 Å². The van der Waals surface area contributed by atoms with E-state index in [-0.39, 0.29) is 11.5 Å². The number of hydrogen-bond donors (Lipinski definition) is 1. The molecule has 27 heavy (non-hydrogen) atoms. The van der Waals surface area contributed by atoms with Crippen molar-refractivity contribution in [3.8, 4) is 5.75 Å². The Hall–Kier alpha value is -2.82. The van der Waals surface area contributed by atoms with Crippen molar-refractivity contribution in [2.75, 3.05) is 11.9 Å². The molecule has 5 nitrogen and oxygen atoms in total. The largest absolute Gasteiger partial charge is 0.484 e. The van der Waals surface area contributed by atoms with Crippen LogP contribution in [0.5, 0.6) is 5.75 Å². The monoisotopic (exact) mass is 363 g/mol. The summed E-state index contributed by atoms with van der Waals surface area (Å²) >= 11 is 0. The van der Waals surface area contributed by atoms with E-state index in [9.17, 15) is 4.79 Å². The van der Waals surface area contributed by atoms with Crippen molar-refractivity contribution in [3.05, 3.63) is 53.9 Å². The molecule has 1 aromatic carbocycles. The molecule has 1 aliphatic heterocycles. The van der Waals surface area contributed by atoms with E-state index in [0.29, 0.717) is 0 Å². The number of benzene rings is 1. The Balaban J connectivity index is 1.84. The van der Waals surface area contributed by atoms with Crippen LogP contribution in [0.25, 0.3) is 11.0 Å². The highest BCUT2D eigenvalue weighted by Crippen LogP contribution is 2.50. The third-order valence-electron chi connectivity index (χ3n) is 5.84. The van der Waals surface area contributed by atoms with Gasteiger partial charge in [-0.2, -0.15) is 0 Å². The van der Waals surface area contributed by atoms with Gasteiger partial charge in [0.15, 0.2) is 5.75 Å². The quantitative estimate of drug-likeness (QED) is 0.880. The van der Waals surface area contributed by atoms with Gasteiger partial charge < -0.3 is 14.6 Å². The lowest BCUT2D eigenvalue weighted by molar-refractivity contribution is -0.116. The van der Waals surface area contributed by atoms with E-state index < -0.39 is 0 Å². The zero-order valence-corrected chi connectivity index (χ0v) is 16.2. The number of carbonyl (C=O) groups is 1. The average Bonchev–Trinajstić information content (AvgIpc) is 3.19. The number of nitrogens with one attached hydrogen (secondary N) is 1. The van der Waals surface area contributed by atoms with Crippen LogP contribution >= 0.6 is 0 Å². The standard InChI is InChI=1S/C22H25N3O2/c1-6-15-11-22(12-16(15)7-2)9-8-17-19(25(5)14(4)26)10-18-20(21(17)27-22)24-13(3)23-18/h6-7,10H,1-2,8-9,11-12H2,3-5H3,(H,23,24). The summed E-state index contributed by atoms with van der Waals surface area (Å²) in [5, 5.41) is 0. The number of rotatable bonds is 3. The van der Waals surface area contributed by atoms with Gasteiger partial charge in [-0.3, -0.25) is 4.79 Å². The summed E-state index contributed by atoms with van der Waals surface area (Å²) in [6.07, 6.45) is 7.23. The molecule has 1 spiro atoms. The van der Waals surface area contributed by atoms with E-state index in [1.807, 2.05) is 25.1 Å². The number of fused-ring (bicyclic) bond motifs is 3. The van der Waals surface area contributed by atoms with E-state index in [4.69, 9.17) is 4.74 Å². The van der Waals surface area contributed by atoms with Gasteiger partial charge in [0.25, 0.3) is 0 Å². The molecule has 0 atom stereocenters. The van der Waals surface area contributed by atoms with Crippen LogP contribution in [0, 0.1) is 6.92 Å². The summed E-state index contributed by atoms with van der Waals surface area (Å²) in [6, 6.07) is 2.01. The van der Waals surface area contributed by atoms with Gasteiger partial charge in [0.1, 0.15) is 16.9 Å². The highest BCUT2D eigenvalue weighted by Gasteiger charge is 2.43. The molecule has 1 amide bonds. The maximum absolute atomic E-state index is 12.0. The lowest BCUT2D eigenvalue weighted by Crippen LogP contribution is -2.38. The van der Waals surface area contributed by atoms with Crippen LogP contribution < -0.4 is 9.64 Å². The van der Waals surface area contributed by atoms with Gasteiger partial charge >= 0.3 is 0 Å². The third-order valence-corrected chi connectivity index (χ3v) is 5.84. The van der Waals surface area contributed by atoms with Crippen LogP contribution in [0.1, 0.15) is 37.6 Å². The van der Waals surface area contributed by atoms with Crippen LogP contribution in [0.3, 0.4) is 0 Å². The SMILES string of the molecule is C=CC1=C(C=C)CC2(CCc3c(N(C)C(C)=O)cc4[nH]c(C)nc4c3O2)C1. The molecule has 1 aromatic heterocycles. The van der Waals surface area contributed by atoms with Gasteiger partial charge in [-0.05, 0) is 37.0 Å². The first kappa shape index (κ1) is 17.6. The summed E-state index contributed by atoms with van der Waals surface area (Å²) < 4.78 is 6.68. The van der Waals surface area contributed by atoms with E-state index in [1.165, 1.54) is 11.1 Å². The smallest absolute Gasteiger partial charge is 0.223 e. The maximum atomic E-state index is 12.0. The fourth-order valence-corrected chi connectivity index (χ4v) is 4.35. The summed E-state index contributed by atoms with van der Waals surface area (Å²) in [6.45, 7) is 11.4. The second-order valence-corrected chi connectivity index (χ2v) is 7.60. The number of amides is 1. The van der Waals surface area contributed by atoms with Gasteiger partial charge in [-0.1, -0.05) is 25.3 Å². The maximum Gasteiger partial charge on any atom is 0.223 e. The number of imidazole rings is 1. The van der Waals surface area contributed by atoms with Crippen LogP contribution in [0.2, 0.25) is 0 Å². The van der Waals surface area contributed by atoms with Crippen LogP contribution in [0.15, 0.2) is 42.5 Å². The fraction of sp³-hybridized carbons (Fsp3) is 0.364. The van der Waals surface area contributed by atoms with E-state index in [2.05, 4.69) is 23.1 Å². The van der Waals surface area contributed by atoms with Crippen LogP contribution in [-0.2, 0) is 11.2 Å². The van der Waals surface area contributed by atoms with Gasteiger partial charge in [-0.15, -0.1) is 0 Å². The number of hydrogen-bond acceptors (Lipinski definition) is 3. The summed E-state index contributed by atoms with van der Waals surface area (Å²) in [4.78, 5) is 21.7. The number of ether oxygens (including phenoxy) is 1. The predicted molar refractivity (Wildman–Crippen MR) is 108 cm³/mol. The fourth-order valence-electron chi connectivity index (χ4n) is 4.35. The van der Waals surface area contributed by atoms with Crippen molar-refractivity contribution in [2.45, 2.75) is 45.1 Å². The Morgan fingerprint density at radius 2 is 2.00 bits per heavy atom. The van der Waals surface area contributed by atoms with Crippen molar-refractivity contribution in [1.82, 2.24) is 9.97 Å².